The van der Waals surface area contributed by atoms with Gasteiger partial charge in [0.1, 0.15) is 10.8 Å². The van der Waals surface area contributed by atoms with Crippen LogP contribution in [0.3, 0.4) is 0 Å². The molecule has 0 fully saturated rings. The second-order valence-electron chi connectivity index (χ2n) is 3.59. The zero-order chi connectivity index (χ0) is 12.2. The van der Waals surface area contributed by atoms with Crippen LogP contribution in [0, 0.1) is 5.41 Å². The summed E-state index contributed by atoms with van der Waals surface area (Å²) in [5, 5.41) is -2.02. The van der Waals surface area contributed by atoms with E-state index in [0.717, 1.165) is 0 Å². The van der Waals surface area contributed by atoms with Gasteiger partial charge in [0, 0.05) is 5.41 Å². The van der Waals surface area contributed by atoms with Crippen LogP contribution < -0.4 is 0 Å². The maximum Gasteiger partial charge on any atom is 0.324 e. The van der Waals surface area contributed by atoms with Crippen molar-refractivity contribution in [1.29, 1.82) is 0 Å². The molecule has 88 valence electrons. The number of hydrogen-bond donors (Lipinski definition) is 0. The van der Waals surface area contributed by atoms with Gasteiger partial charge in [-0.15, -0.1) is 23.2 Å². The fraction of sp³-hybridized carbons (Fsp3) is 0.778. The number of alkyl halides is 2. The van der Waals surface area contributed by atoms with Gasteiger partial charge in [-0.3, -0.25) is 9.59 Å². The van der Waals surface area contributed by atoms with E-state index < -0.39 is 28.1 Å². The highest BCUT2D eigenvalue weighted by molar-refractivity contribution is 6.34. The molecule has 0 saturated carbocycles. The lowest BCUT2D eigenvalue weighted by molar-refractivity contribution is -0.145. The second kappa shape index (κ2) is 5.56. The summed E-state index contributed by atoms with van der Waals surface area (Å²) in [6.07, 6.45) is 0. The Kier molecular flexibility index (Phi) is 5.38. The second-order valence-corrected chi connectivity index (χ2v) is 4.47. The molecule has 4 nitrogen and oxygen atoms in total. The molecular formula is C9H14Cl2O4. The standard InChI is InChI=1S/C9H14Cl2O4/c1-9(2,5(10)7(12)14-3)6(11)8(13)15-4/h5-6H,1-4H3. The SMILES string of the molecule is COC(=O)C(Cl)C(C)(C)C(Cl)C(=O)OC. The highest BCUT2D eigenvalue weighted by Crippen LogP contribution is 2.34. The lowest BCUT2D eigenvalue weighted by Gasteiger charge is -2.30. The van der Waals surface area contributed by atoms with Gasteiger partial charge in [0.25, 0.3) is 0 Å². The average Bonchev–Trinajstić information content (AvgIpc) is 2.24. The molecule has 2 unspecified atom stereocenters. The van der Waals surface area contributed by atoms with Gasteiger partial charge in [0.15, 0.2) is 0 Å². The van der Waals surface area contributed by atoms with E-state index in [-0.39, 0.29) is 0 Å². The van der Waals surface area contributed by atoms with Crippen LogP contribution in [0.2, 0.25) is 0 Å². The van der Waals surface area contributed by atoms with Gasteiger partial charge in [0.2, 0.25) is 0 Å². The molecule has 0 radical (unpaired) electrons. The zero-order valence-corrected chi connectivity index (χ0v) is 10.6. The number of carbonyl (C=O) groups excluding carboxylic acids is 2. The Hall–Kier alpha value is -0.480. The van der Waals surface area contributed by atoms with Crippen molar-refractivity contribution < 1.29 is 19.1 Å². The maximum atomic E-state index is 11.2. The van der Waals surface area contributed by atoms with Gasteiger partial charge in [-0.05, 0) is 0 Å². The van der Waals surface area contributed by atoms with Crippen LogP contribution in [0.25, 0.3) is 0 Å². The van der Waals surface area contributed by atoms with Crippen LogP contribution in [0.15, 0.2) is 0 Å². The van der Waals surface area contributed by atoms with Gasteiger partial charge in [0.05, 0.1) is 14.2 Å². The number of rotatable bonds is 4. The van der Waals surface area contributed by atoms with Crippen molar-refractivity contribution in [3.63, 3.8) is 0 Å². The third-order valence-electron chi connectivity index (χ3n) is 2.12. The van der Waals surface area contributed by atoms with Crippen molar-refractivity contribution >= 4 is 35.1 Å². The van der Waals surface area contributed by atoms with Crippen LogP contribution >= 0.6 is 23.2 Å². The molecule has 6 heteroatoms. The zero-order valence-electron chi connectivity index (χ0n) is 9.04. The van der Waals surface area contributed by atoms with Gasteiger partial charge < -0.3 is 9.47 Å². The van der Waals surface area contributed by atoms with Gasteiger partial charge >= 0.3 is 11.9 Å². The van der Waals surface area contributed by atoms with Crippen LogP contribution in [0.4, 0.5) is 0 Å². The molecule has 0 rings (SSSR count). The van der Waals surface area contributed by atoms with Crippen molar-refractivity contribution in [3.05, 3.63) is 0 Å². The predicted molar refractivity (Wildman–Crippen MR) is 57.1 cm³/mol. The van der Waals surface area contributed by atoms with Gasteiger partial charge in [-0.2, -0.15) is 0 Å². The minimum atomic E-state index is -1.01. The minimum Gasteiger partial charge on any atom is -0.468 e. The van der Waals surface area contributed by atoms with E-state index in [2.05, 4.69) is 9.47 Å². The number of halogens is 2. The molecule has 0 N–H and O–H groups in total. The highest BCUT2D eigenvalue weighted by Gasteiger charge is 2.44. The molecule has 0 spiro atoms. The van der Waals surface area contributed by atoms with Crippen molar-refractivity contribution in [2.45, 2.75) is 24.6 Å². The fourth-order valence-corrected chi connectivity index (χ4v) is 1.44. The molecular weight excluding hydrogens is 243 g/mol. The summed E-state index contributed by atoms with van der Waals surface area (Å²) < 4.78 is 8.96. The predicted octanol–water partition coefficient (Wildman–Crippen LogP) is 1.57. The van der Waals surface area contributed by atoms with E-state index in [1.807, 2.05) is 0 Å². The van der Waals surface area contributed by atoms with E-state index in [1.54, 1.807) is 13.8 Å². The van der Waals surface area contributed by atoms with E-state index in [1.165, 1.54) is 14.2 Å². The summed E-state index contributed by atoms with van der Waals surface area (Å²) in [6, 6.07) is 0. The van der Waals surface area contributed by atoms with Crippen molar-refractivity contribution in [1.82, 2.24) is 0 Å². The number of methoxy groups -OCH3 is 2. The molecule has 0 aliphatic heterocycles. The molecule has 0 aromatic carbocycles. The fourth-order valence-electron chi connectivity index (χ4n) is 0.943. The molecule has 0 aliphatic carbocycles. The van der Waals surface area contributed by atoms with Crippen LogP contribution in [0.5, 0.6) is 0 Å². The summed E-state index contributed by atoms with van der Waals surface area (Å²) in [5.74, 6) is -1.26. The molecule has 2 atom stereocenters. The Morgan fingerprint density at radius 2 is 1.27 bits per heavy atom. The van der Waals surface area contributed by atoms with Gasteiger partial charge in [-0.1, -0.05) is 13.8 Å². The minimum absolute atomic E-state index is 0.629. The Balaban J connectivity index is 4.79. The van der Waals surface area contributed by atoms with E-state index in [0.29, 0.717) is 0 Å². The molecule has 0 aromatic rings. The molecule has 0 saturated heterocycles. The third-order valence-corrected chi connectivity index (χ3v) is 3.60. The average molecular weight is 257 g/mol. The number of esters is 2. The lowest BCUT2D eigenvalue weighted by atomic mass is 9.84. The number of carbonyl (C=O) groups is 2. The number of ether oxygens (including phenoxy) is 2. The largest absolute Gasteiger partial charge is 0.468 e. The molecule has 0 aliphatic rings. The van der Waals surface area contributed by atoms with Gasteiger partial charge in [-0.25, -0.2) is 0 Å². The monoisotopic (exact) mass is 256 g/mol. The summed E-state index contributed by atoms with van der Waals surface area (Å²) in [7, 11) is 2.43. The molecule has 0 aromatic heterocycles. The maximum absolute atomic E-state index is 11.2. The topological polar surface area (TPSA) is 52.6 Å². The van der Waals surface area contributed by atoms with Crippen LogP contribution in [-0.4, -0.2) is 36.9 Å². The Labute approximate surface area is 98.8 Å². The van der Waals surface area contributed by atoms with Crippen molar-refractivity contribution in [2.75, 3.05) is 14.2 Å². The van der Waals surface area contributed by atoms with E-state index >= 15 is 0 Å². The molecule has 0 amide bonds. The normalized spacial score (nSPS) is 15.3. The number of hydrogen-bond acceptors (Lipinski definition) is 4. The van der Waals surface area contributed by atoms with Crippen LogP contribution in [-0.2, 0) is 19.1 Å². The summed E-state index contributed by atoms with van der Waals surface area (Å²) in [4.78, 5) is 22.4. The lowest BCUT2D eigenvalue weighted by Crippen LogP contribution is -2.43. The third kappa shape index (κ3) is 3.24. The van der Waals surface area contributed by atoms with Crippen molar-refractivity contribution in [2.24, 2.45) is 5.41 Å². The first-order valence-electron chi connectivity index (χ1n) is 4.22. The first kappa shape index (κ1) is 14.5. The molecule has 0 bridgehead atoms. The quantitative estimate of drug-likeness (QED) is 0.566. The summed E-state index contributed by atoms with van der Waals surface area (Å²) in [6.45, 7) is 3.19. The Bertz CT molecular complexity index is 228. The molecule has 0 heterocycles. The first-order chi connectivity index (χ1) is 6.78. The smallest absolute Gasteiger partial charge is 0.324 e. The van der Waals surface area contributed by atoms with Crippen molar-refractivity contribution in [3.8, 4) is 0 Å². The summed E-state index contributed by atoms with van der Waals surface area (Å²) in [5.41, 5.74) is -0.955. The Morgan fingerprint density at radius 1 is 1.00 bits per heavy atom. The Morgan fingerprint density at radius 3 is 1.47 bits per heavy atom. The summed E-state index contributed by atoms with van der Waals surface area (Å²) >= 11 is 11.7. The molecule has 15 heavy (non-hydrogen) atoms. The van der Waals surface area contributed by atoms with Crippen LogP contribution in [0.1, 0.15) is 13.8 Å². The van der Waals surface area contributed by atoms with E-state index in [9.17, 15) is 9.59 Å². The highest BCUT2D eigenvalue weighted by atomic mass is 35.5. The first-order valence-corrected chi connectivity index (χ1v) is 5.10. The van der Waals surface area contributed by atoms with E-state index in [4.69, 9.17) is 23.2 Å².